The maximum atomic E-state index is 12.9. The molecule has 0 spiro atoms. The summed E-state index contributed by atoms with van der Waals surface area (Å²) in [5.41, 5.74) is -0.0678. The van der Waals surface area contributed by atoms with E-state index in [1.807, 2.05) is 0 Å². The predicted octanol–water partition coefficient (Wildman–Crippen LogP) is 1.78. The van der Waals surface area contributed by atoms with Gasteiger partial charge in [0.05, 0.1) is 11.9 Å². The number of aromatic carboxylic acids is 1. The zero-order valence-electron chi connectivity index (χ0n) is 9.20. The van der Waals surface area contributed by atoms with Gasteiger partial charge in [0, 0.05) is 6.20 Å². The van der Waals surface area contributed by atoms with Crippen LogP contribution in [0.2, 0.25) is 0 Å². The quantitative estimate of drug-likeness (QED) is 0.897. The summed E-state index contributed by atoms with van der Waals surface area (Å²) in [6.45, 7) is 0. The third kappa shape index (κ3) is 2.88. The number of halogens is 1. The third-order valence-corrected chi connectivity index (χ3v) is 4.33. The molecule has 0 saturated carbocycles. The number of sulfonamides is 1. The lowest BCUT2D eigenvalue weighted by molar-refractivity contribution is 0.0703. The van der Waals surface area contributed by atoms with Crippen molar-refractivity contribution in [1.29, 1.82) is 0 Å². The Morgan fingerprint density at radius 2 is 2.16 bits per heavy atom. The summed E-state index contributed by atoms with van der Waals surface area (Å²) >= 11 is 0.880. The van der Waals surface area contributed by atoms with E-state index >= 15 is 0 Å². The number of carboxylic acid groups (broad SMARTS) is 1. The number of carboxylic acids is 1. The van der Waals surface area contributed by atoms with Gasteiger partial charge in [-0.15, -0.1) is 11.3 Å². The van der Waals surface area contributed by atoms with Crippen molar-refractivity contribution in [3.05, 3.63) is 40.6 Å². The van der Waals surface area contributed by atoms with Crippen molar-refractivity contribution in [3.63, 3.8) is 0 Å². The van der Waals surface area contributed by atoms with Crippen LogP contribution in [0.15, 0.2) is 34.8 Å². The van der Waals surface area contributed by atoms with Gasteiger partial charge < -0.3 is 5.11 Å². The van der Waals surface area contributed by atoms with Gasteiger partial charge in [0.1, 0.15) is 15.6 Å². The minimum absolute atomic E-state index is 0.0678. The van der Waals surface area contributed by atoms with E-state index in [-0.39, 0.29) is 15.5 Å². The van der Waals surface area contributed by atoms with Gasteiger partial charge in [-0.3, -0.25) is 9.71 Å². The minimum atomic E-state index is -4.07. The fourth-order valence-electron chi connectivity index (χ4n) is 1.30. The monoisotopic (exact) mass is 302 g/mol. The number of thiophene rings is 1. The molecule has 0 aliphatic rings. The van der Waals surface area contributed by atoms with Crippen molar-refractivity contribution < 1.29 is 22.7 Å². The van der Waals surface area contributed by atoms with Gasteiger partial charge in [0.2, 0.25) is 0 Å². The molecule has 0 unspecified atom stereocenters. The number of hydrogen-bond donors (Lipinski definition) is 2. The van der Waals surface area contributed by atoms with Crippen LogP contribution in [0.1, 0.15) is 9.67 Å². The minimum Gasteiger partial charge on any atom is -0.477 e. The number of nitrogens with zero attached hydrogens (tertiary/aromatic N) is 1. The highest BCUT2D eigenvalue weighted by molar-refractivity contribution is 7.92. The van der Waals surface area contributed by atoms with Gasteiger partial charge in [0.15, 0.2) is 0 Å². The van der Waals surface area contributed by atoms with Crippen molar-refractivity contribution in [2.24, 2.45) is 0 Å². The molecule has 6 nitrogen and oxygen atoms in total. The summed E-state index contributed by atoms with van der Waals surface area (Å²) < 4.78 is 38.9. The molecule has 0 aromatic carbocycles. The number of hydrogen-bond acceptors (Lipinski definition) is 5. The Labute approximate surface area is 111 Å². The molecule has 2 rings (SSSR count). The van der Waals surface area contributed by atoms with E-state index in [1.165, 1.54) is 11.4 Å². The first-order valence-electron chi connectivity index (χ1n) is 4.84. The summed E-state index contributed by atoms with van der Waals surface area (Å²) in [6.07, 6.45) is 1.84. The molecular weight excluding hydrogens is 295 g/mol. The number of pyridine rings is 1. The average Bonchev–Trinajstić information content (AvgIpc) is 2.76. The predicted molar refractivity (Wildman–Crippen MR) is 66.3 cm³/mol. The van der Waals surface area contributed by atoms with Crippen LogP contribution in [0.3, 0.4) is 0 Å². The topological polar surface area (TPSA) is 96.4 Å². The molecule has 0 radical (unpaired) electrons. The molecule has 0 aliphatic heterocycles. The van der Waals surface area contributed by atoms with Crippen molar-refractivity contribution in [3.8, 4) is 0 Å². The van der Waals surface area contributed by atoms with Crippen LogP contribution >= 0.6 is 11.3 Å². The lowest BCUT2D eigenvalue weighted by Crippen LogP contribution is -2.14. The Morgan fingerprint density at radius 1 is 1.42 bits per heavy atom. The highest BCUT2D eigenvalue weighted by Gasteiger charge is 2.20. The molecule has 2 N–H and O–H groups in total. The van der Waals surface area contributed by atoms with Gasteiger partial charge in [0.25, 0.3) is 10.0 Å². The molecule has 0 atom stereocenters. The highest BCUT2D eigenvalue weighted by Crippen LogP contribution is 2.25. The maximum absolute atomic E-state index is 12.9. The Bertz CT molecular complexity index is 727. The fraction of sp³-hybridized carbons (Fsp3) is 0. The van der Waals surface area contributed by atoms with Crippen LogP contribution in [-0.2, 0) is 10.0 Å². The number of nitrogens with one attached hydrogen (secondary N) is 1. The van der Waals surface area contributed by atoms with Crippen LogP contribution < -0.4 is 4.72 Å². The van der Waals surface area contributed by atoms with E-state index in [2.05, 4.69) is 9.71 Å². The maximum Gasteiger partial charge on any atom is 0.348 e. The first-order chi connectivity index (χ1) is 8.90. The van der Waals surface area contributed by atoms with Crippen LogP contribution in [0.4, 0.5) is 10.1 Å². The molecule has 2 heterocycles. The Hall–Kier alpha value is -2.00. The Balaban J connectivity index is 2.37. The summed E-state index contributed by atoms with van der Waals surface area (Å²) in [5, 5.41) is 10.3. The van der Waals surface area contributed by atoms with Crippen LogP contribution in [0.25, 0.3) is 0 Å². The van der Waals surface area contributed by atoms with E-state index in [9.17, 15) is 17.6 Å². The van der Waals surface area contributed by atoms with E-state index in [4.69, 9.17) is 5.11 Å². The molecular formula is C10H7FN2O4S2. The number of aromatic nitrogens is 1. The largest absolute Gasteiger partial charge is 0.477 e. The summed E-state index contributed by atoms with van der Waals surface area (Å²) in [6, 6.07) is 2.11. The second-order valence-corrected chi connectivity index (χ2v) is 6.01. The van der Waals surface area contributed by atoms with Crippen molar-refractivity contribution in [1.82, 2.24) is 4.98 Å². The number of anilines is 1. The van der Waals surface area contributed by atoms with Crippen molar-refractivity contribution in [2.45, 2.75) is 4.90 Å². The molecule has 2 aromatic rings. The number of carbonyl (C=O) groups is 1. The molecule has 2 aromatic heterocycles. The van der Waals surface area contributed by atoms with Crippen molar-refractivity contribution in [2.75, 3.05) is 4.72 Å². The van der Waals surface area contributed by atoms with Gasteiger partial charge in [-0.1, -0.05) is 0 Å². The van der Waals surface area contributed by atoms with E-state index < -0.39 is 21.8 Å². The van der Waals surface area contributed by atoms with Crippen LogP contribution in [-0.4, -0.2) is 24.5 Å². The second kappa shape index (κ2) is 4.94. The smallest absolute Gasteiger partial charge is 0.348 e. The third-order valence-electron chi connectivity index (χ3n) is 2.09. The molecule has 100 valence electrons. The Kier molecular flexibility index (Phi) is 3.49. The van der Waals surface area contributed by atoms with Gasteiger partial charge in [-0.2, -0.15) is 0 Å². The molecule has 0 amide bonds. The van der Waals surface area contributed by atoms with E-state index in [0.29, 0.717) is 0 Å². The zero-order chi connectivity index (χ0) is 14.0. The van der Waals surface area contributed by atoms with Crippen LogP contribution in [0, 0.1) is 5.82 Å². The standard InChI is InChI=1S/C10H7FN2O4S2/c11-6-3-7(5-12-4-6)19(16,17)13-8-1-2-18-9(8)10(14)15/h1-5,13H,(H,14,15). The summed E-state index contributed by atoms with van der Waals surface area (Å²) in [5.74, 6) is -2.04. The lowest BCUT2D eigenvalue weighted by atomic mass is 10.4. The molecule has 19 heavy (non-hydrogen) atoms. The van der Waals surface area contributed by atoms with Gasteiger partial charge >= 0.3 is 5.97 Å². The normalized spacial score (nSPS) is 11.2. The van der Waals surface area contributed by atoms with Crippen LogP contribution in [0.5, 0.6) is 0 Å². The van der Waals surface area contributed by atoms with Gasteiger partial charge in [-0.25, -0.2) is 17.6 Å². The SMILES string of the molecule is O=C(O)c1sccc1NS(=O)(=O)c1cncc(F)c1. The molecule has 0 bridgehead atoms. The molecule has 0 saturated heterocycles. The van der Waals surface area contributed by atoms with E-state index in [0.717, 1.165) is 29.8 Å². The Morgan fingerprint density at radius 3 is 2.79 bits per heavy atom. The second-order valence-electron chi connectivity index (χ2n) is 3.41. The molecule has 9 heteroatoms. The number of rotatable bonds is 4. The van der Waals surface area contributed by atoms with E-state index in [1.54, 1.807) is 0 Å². The average molecular weight is 302 g/mol. The van der Waals surface area contributed by atoms with Gasteiger partial charge in [-0.05, 0) is 17.5 Å². The highest BCUT2D eigenvalue weighted by atomic mass is 32.2. The molecule has 0 aliphatic carbocycles. The fourth-order valence-corrected chi connectivity index (χ4v) is 3.09. The summed E-state index contributed by atoms with van der Waals surface area (Å²) in [7, 11) is -4.07. The first-order valence-corrected chi connectivity index (χ1v) is 7.20. The van der Waals surface area contributed by atoms with Crippen molar-refractivity contribution >= 4 is 33.0 Å². The first kappa shape index (κ1) is 13.4. The lowest BCUT2D eigenvalue weighted by Gasteiger charge is -2.07. The summed E-state index contributed by atoms with van der Waals surface area (Å²) in [4.78, 5) is 13.8. The zero-order valence-corrected chi connectivity index (χ0v) is 10.8. The molecule has 0 fully saturated rings.